The third kappa shape index (κ3) is 6.07. The second kappa shape index (κ2) is 10.8. The number of aromatic nitrogens is 2. The van der Waals surface area contributed by atoms with Gasteiger partial charge in [-0.15, -0.1) is 0 Å². The molecule has 1 heterocycles. The number of nitrogen functional groups attached to an aromatic ring is 1. The molecule has 0 radical (unpaired) electrons. The fourth-order valence-corrected chi connectivity index (χ4v) is 3.80. The van der Waals surface area contributed by atoms with E-state index in [2.05, 4.69) is 10.3 Å². The number of methoxy groups -OCH3 is 1. The van der Waals surface area contributed by atoms with Crippen molar-refractivity contribution in [1.29, 1.82) is 0 Å². The largest absolute Gasteiger partial charge is 0.491 e. The van der Waals surface area contributed by atoms with Crippen LogP contribution in [0.3, 0.4) is 0 Å². The van der Waals surface area contributed by atoms with Gasteiger partial charge in [0.25, 0.3) is 11.5 Å². The Kier molecular flexibility index (Phi) is 7.82. The monoisotopic (exact) mass is 444 g/mol. The molecule has 0 spiro atoms. The molecule has 1 aliphatic carbocycles. The predicted octanol–water partition coefficient (Wildman–Crippen LogP) is 1.23. The summed E-state index contributed by atoms with van der Waals surface area (Å²) < 4.78 is 10.4. The third-order valence-corrected chi connectivity index (χ3v) is 5.60. The highest BCUT2D eigenvalue weighted by Crippen LogP contribution is 2.28. The van der Waals surface area contributed by atoms with Gasteiger partial charge in [-0.05, 0) is 55.9 Å². The number of hydrogen-bond acceptors (Lipinski definition) is 7. The van der Waals surface area contributed by atoms with Gasteiger partial charge in [0.15, 0.2) is 5.78 Å². The topological polar surface area (TPSA) is 156 Å². The highest BCUT2D eigenvalue weighted by atomic mass is 16.5. The molecule has 5 N–H and O–H groups in total. The maximum atomic E-state index is 12.6. The molecule has 3 rings (SSSR count). The minimum absolute atomic E-state index is 0.0785. The van der Waals surface area contributed by atoms with Crippen molar-refractivity contribution in [3.05, 3.63) is 56.4 Å². The van der Waals surface area contributed by atoms with Gasteiger partial charge in [-0.1, -0.05) is 0 Å². The number of carbonyl (C=O) groups is 2. The molecule has 1 aliphatic rings. The van der Waals surface area contributed by atoms with Gasteiger partial charge in [0, 0.05) is 25.1 Å². The van der Waals surface area contributed by atoms with Crippen LogP contribution in [0.25, 0.3) is 0 Å². The number of amides is 1. The molecule has 0 atom stereocenters. The van der Waals surface area contributed by atoms with E-state index in [4.69, 9.17) is 15.2 Å². The summed E-state index contributed by atoms with van der Waals surface area (Å²) in [6.45, 7) is 0.950. The normalized spacial score (nSPS) is 18.2. The average Bonchev–Trinajstić information content (AvgIpc) is 2.78. The van der Waals surface area contributed by atoms with E-state index in [-0.39, 0.29) is 29.1 Å². The Bertz CT molecular complexity index is 1050. The van der Waals surface area contributed by atoms with E-state index in [1.807, 2.05) is 4.98 Å². The first-order valence-electron chi connectivity index (χ1n) is 10.5. The highest BCUT2D eigenvalue weighted by molar-refractivity contribution is 5.97. The van der Waals surface area contributed by atoms with Crippen LogP contribution < -0.4 is 27.0 Å². The van der Waals surface area contributed by atoms with Crippen molar-refractivity contribution in [2.24, 2.45) is 5.92 Å². The number of rotatable bonds is 9. The van der Waals surface area contributed by atoms with Crippen LogP contribution in [0, 0.1) is 5.92 Å². The molecule has 0 saturated heterocycles. The summed E-state index contributed by atoms with van der Waals surface area (Å²) in [5.41, 5.74) is 4.12. The number of ether oxygens (including phenoxy) is 2. The molecule has 0 unspecified atom stereocenters. The predicted molar refractivity (Wildman–Crippen MR) is 118 cm³/mol. The second-order valence-corrected chi connectivity index (χ2v) is 7.88. The van der Waals surface area contributed by atoms with Crippen molar-refractivity contribution < 1.29 is 19.1 Å². The van der Waals surface area contributed by atoms with E-state index in [0.717, 1.165) is 12.8 Å². The van der Waals surface area contributed by atoms with Crippen molar-refractivity contribution >= 4 is 17.4 Å². The Morgan fingerprint density at radius 2 is 1.75 bits per heavy atom. The van der Waals surface area contributed by atoms with Crippen molar-refractivity contribution in [3.63, 3.8) is 0 Å². The van der Waals surface area contributed by atoms with Crippen molar-refractivity contribution in [2.45, 2.75) is 38.1 Å². The van der Waals surface area contributed by atoms with Crippen molar-refractivity contribution in [1.82, 2.24) is 15.3 Å². The molecule has 1 aromatic heterocycles. The summed E-state index contributed by atoms with van der Waals surface area (Å²) >= 11 is 0. The van der Waals surface area contributed by atoms with Gasteiger partial charge in [0.1, 0.15) is 23.7 Å². The van der Waals surface area contributed by atoms with Crippen LogP contribution in [-0.4, -0.2) is 48.0 Å². The highest BCUT2D eigenvalue weighted by Gasteiger charge is 2.26. The zero-order valence-electron chi connectivity index (χ0n) is 17.9. The van der Waals surface area contributed by atoms with Crippen LogP contribution in [0.1, 0.15) is 53.0 Å². The molecule has 10 heteroatoms. The first-order valence-corrected chi connectivity index (χ1v) is 10.5. The Hall–Kier alpha value is -3.40. The fourth-order valence-electron chi connectivity index (χ4n) is 3.80. The molecule has 1 saturated carbocycles. The first-order chi connectivity index (χ1) is 15.4. The van der Waals surface area contributed by atoms with Crippen LogP contribution in [0.15, 0.2) is 33.9 Å². The molecular formula is C22H28N4O6. The molecule has 1 amide bonds. The zero-order chi connectivity index (χ0) is 23.1. The summed E-state index contributed by atoms with van der Waals surface area (Å²) in [4.78, 5) is 52.3. The van der Waals surface area contributed by atoms with Crippen molar-refractivity contribution in [3.8, 4) is 5.75 Å². The lowest BCUT2D eigenvalue weighted by Crippen LogP contribution is -2.40. The molecule has 1 aromatic carbocycles. The number of benzene rings is 1. The van der Waals surface area contributed by atoms with Crippen LogP contribution >= 0.6 is 0 Å². The number of anilines is 1. The number of hydrogen-bond donors (Lipinski definition) is 4. The van der Waals surface area contributed by atoms with Gasteiger partial charge in [-0.3, -0.25) is 19.4 Å². The molecule has 32 heavy (non-hydrogen) atoms. The Labute approximate surface area is 184 Å². The number of nitrogens with two attached hydrogens (primary N) is 1. The maximum absolute atomic E-state index is 12.6. The summed E-state index contributed by atoms with van der Waals surface area (Å²) in [7, 11) is 1.61. The number of H-pyrrole nitrogens is 2. The molecule has 1 fully saturated rings. The Morgan fingerprint density at radius 1 is 1.06 bits per heavy atom. The number of ketones is 1. The SMILES string of the molecule is COCCOc1ccc(C(=O)CC2CCC(NC(=O)c3[nH]c(=O)[nH]c(=O)c3N)CC2)cc1. The quantitative estimate of drug-likeness (QED) is 0.335. The van der Waals surface area contributed by atoms with Gasteiger partial charge in [-0.25, -0.2) is 4.79 Å². The van der Waals surface area contributed by atoms with Crippen LogP contribution in [-0.2, 0) is 4.74 Å². The number of aromatic amines is 2. The summed E-state index contributed by atoms with van der Waals surface area (Å²) in [5.74, 6) is 0.419. The fraction of sp³-hybridized carbons (Fsp3) is 0.455. The number of carbonyl (C=O) groups excluding carboxylic acids is 2. The third-order valence-electron chi connectivity index (χ3n) is 5.60. The second-order valence-electron chi connectivity index (χ2n) is 7.88. The zero-order valence-corrected chi connectivity index (χ0v) is 17.9. The Balaban J connectivity index is 1.47. The van der Waals surface area contributed by atoms with Gasteiger partial charge < -0.3 is 25.5 Å². The Morgan fingerprint density at radius 3 is 2.41 bits per heavy atom. The van der Waals surface area contributed by atoms with E-state index < -0.39 is 17.2 Å². The van der Waals surface area contributed by atoms with E-state index in [0.29, 0.717) is 43.8 Å². The van der Waals surface area contributed by atoms with Crippen molar-refractivity contribution in [2.75, 3.05) is 26.1 Å². The van der Waals surface area contributed by atoms with Crippen LogP contribution in [0.5, 0.6) is 5.75 Å². The molecule has 0 bridgehead atoms. The van der Waals surface area contributed by atoms with Gasteiger partial charge in [0.2, 0.25) is 0 Å². The summed E-state index contributed by atoms with van der Waals surface area (Å²) in [6, 6.07) is 6.98. The molecule has 0 aliphatic heterocycles. The van der Waals surface area contributed by atoms with E-state index >= 15 is 0 Å². The van der Waals surface area contributed by atoms with E-state index in [9.17, 15) is 19.2 Å². The standard InChI is InChI=1S/C22H28N4O6/c1-31-10-11-32-16-8-4-14(5-9-16)17(27)12-13-2-6-15(7-3-13)24-21(29)19-18(23)20(28)26-22(30)25-19/h4-5,8-9,13,15H,2-3,6-7,10-12,23H2,1H3,(H,24,29)(H2,25,26,28,30). The smallest absolute Gasteiger partial charge is 0.326 e. The van der Waals surface area contributed by atoms with Gasteiger partial charge in [0.05, 0.1) is 6.61 Å². The average molecular weight is 444 g/mol. The first kappa shape index (κ1) is 23.3. The summed E-state index contributed by atoms with van der Waals surface area (Å²) in [6.07, 6.45) is 3.41. The minimum Gasteiger partial charge on any atom is -0.491 e. The molecule has 10 nitrogen and oxygen atoms in total. The van der Waals surface area contributed by atoms with Crippen LogP contribution in [0.2, 0.25) is 0 Å². The molecule has 2 aromatic rings. The van der Waals surface area contributed by atoms with Gasteiger partial charge in [-0.2, -0.15) is 0 Å². The number of nitrogens with one attached hydrogen (secondary N) is 3. The molecule has 172 valence electrons. The lowest BCUT2D eigenvalue weighted by atomic mass is 9.82. The van der Waals surface area contributed by atoms with E-state index in [1.54, 1.807) is 31.4 Å². The maximum Gasteiger partial charge on any atom is 0.326 e. The minimum atomic E-state index is -0.796. The summed E-state index contributed by atoms with van der Waals surface area (Å²) in [5, 5.41) is 2.81. The lowest BCUT2D eigenvalue weighted by Gasteiger charge is -2.28. The number of Topliss-reactive ketones (excluding diaryl/α,β-unsaturated/α-hetero) is 1. The van der Waals surface area contributed by atoms with E-state index in [1.165, 1.54) is 0 Å². The van der Waals surface area contributed by atoms with Crippen LogP contribution in [0.4, 0.5) is 5.69 Å². The van der Waals surface area contributed by atoms with Gasteiger partial charge >= 0.3 is 5.69 Å². The lowest BCUT2D eigenvalue weighted by molar-refractivity contribution is 0.0894. The molecular weight excluding hydrogens is 416 g/mol.